The summed E-state index contributed by atoms with van der Waals surface area (Å²) in [5.41, 5.74) is 8.37. The molecule has 1 saturated heterocycles. The Morgan fingerprint density at radius 3 is 2.56 bits per heavy atom. The van der Waals surface area contributed by atoms with Crippen molar-refractivity contribution in [2.24, 2.45) is 5.73 Å². The van der Waals surface area contributed by atoms with Gasteiger partial charge < -0.3 is 5.73 Å². The molecule has 4 nitrogen and oxygen atoms in total. The summed E-state index contributed by atoms with van der Waals surface area (Å²) in [6, 6.07) is 7.79. The van der Waals surface area contributed by atoms with Gasteiger partial charge >= 0.3 is 0 Å². The number of nitrogens with zero attached hydrogens (tertiary/aromatic N) is 1. The van der Waals surface area contributed by atoms with Crippen LogP contribution in [0, 0.1) is 6.92 Å². The van der Waals surface area contributed by atoms with Crippen LogP contribution in [0.15, 0.2) is 24.3 Å². The Balaban J connectivity index is 2.09. The van der Waals surface area contributed by atoms with Gasteiger partial charge in [-0.25, -0.2) is 8.42 Å². The van der Waals surface area contributed by atoms with E-state index in [4.69, 9.17) is 5.73 Å². The van der Waals surface area contributed by atoms with Crippen molar-refractivity contribution >= 4 is 9.84 Å². The second-order valence-electron chi connectivity index (χ2n) is 5.15. The molecule has 1 fully saturated rings. The van der Waals surface area contributed by atoms with Gasteiger partial charge in [-0.3, -0.25) is 4.90 Å². The Morgan fingerprint density at radius 2 is 2.00 bits per heavy atom. The van der Waals surface area contributed by atoms with Crippen LogP contribution in [0.3, 0.4) is 0 Å². The lowest BCUT2D eigenvalue weighted by molar-refractivity contribution is 0.236. The van der Waals surface area contributed by atoms with Gasteiger partial charge in [-0.2, -0.15) is 0 Å². The second kappa shape index (κ2) is 4.99. The van der Waals surface area contributed by atoms with Crippen molar-refractivity contribution in [3.05, 3.63) is 35.4 Å². The first kappa shape index (κ1) is 13.5. The van der Waals surface area contributed by atoms with Crippen molar-refractivity contribution in [1.29, 1.82) is 0 Å². The van der Waals surface area contributed by atoms with E-state index in [9.17, 15) is 8.42 Å². The van der Waals surface area contributed by atoms with E-state index < -0.39 is 9.84 Å². The van der Waals surface area contributed by atoms with E-state index in [1.807, 2.05) is 19.2 Å². The maximum Gasteiger partial charge on any atom is 0.153 e. The van der Waals surface area contributed by atoms with Crippen molar-refractivity contribution < 1.29 is 8.42 Å². The van der Waals surface area contributed by atoms with E-state index in [1.165, 1.54) is 11.1 Å². The van der Waals surface area contributed by atoms with E-state index in [1.54, 1.807) is 0 Å². The number of hydrogen-bond donors (Lipinski definition) is 1. The minimum atomic E-state index is -2.96. The fourth-order valence-corrected chi connectivity index (χ4v) is 4.45. The molecule has 1 aromatic rings. The summed E-state index contributed by atoms with van der Waals surface area (Å²) in [7, 11) is -1.02. The highest BCUT2D eigenvalue weighted by Gasteiger charge is 2.37. The van der Waals surface area contributed by atoms with Crippen LogP contribution < -0.4 is 5.73 Å². The standard InChI is InChI=1S/C13H20N2O2S/c1-10-5-3-4-6-11(10)7-15(2)13-9-18(16,17)8-12(13)14/h3-6,12-13H,7-9,14H2,1-2H3. The molecule has 0 aliphatic carbocycles. The average Bonchev–Trinajstić information content (AvgIpc) is 2.55. The minimum absolute atomic E-state index is 0.0744. The molecular formula is C13H20N2O2S. The second-order valence-corrected chi connectivity index (χ2v) is 7.30. The lowest BCUT2D eigenvalue weighted by Crippen LogP contribution is -2.44. The molecule has 1 aliphatic heterocycles. The smallest absolute Gasteiger partial charge is 0.153 e. The van der Waals surface area contributed by atoms with Gasteiger partial charge in [-0.05, 0) is 25.1 Å². The zero-order valence-electron chi connectivity index (χ0n) is 10.8. The first-order valence-corrected chi connectivity index (χ1v) is 7.92. The van der Waals surface area contributed by atoms with E-state index in [0.29, 0.717) is 0 Å². The molecule has 0 amide bonds. The zero-order chi connectivity index (χ0) is 13.3. The van der Waals surface area contributed by atoms with Gasteiger partial charge in [0.25, 0.3) is 0 Å². The molecule has 2 rings (SSSR count). The molecule has 5 heteroatoms. The van der Waals surface area contributed by atoms with Crippen LogP contribution in [0.4, 0.5) is 0 Å². The molecule has 18 heavy (non-hydrogen) atoms. The molecule has 1 aliphatic rings. The van der Waals surface area contributed by atoms with Crippen LogP contribution >= 0.6 is 0 Å². The number of aryl methyl sites for hydroxylation is 1. The summed E-state index contributed by atoms with van der Waals surface area (Å²) in [5.74, 6) is 0.284. The highest BCUT2D eigenvalue weighted by atomic mass is 32.2. The largest absolute Gasteiger partial charge is 0.325 e. The number of hydrogen-bond acceptors (Lipinski definition) is 4. The molecule has 1 heterocycles. The van der Waals surface area contributed by atoms with E-state index in [2.05, 4.69) is 24.0 Å². The lowest BCUT2D eigenvalue weighted by Gasteiger charge is -2.27. The van der Waals surface area contributed by atoms with Crippen LogP contribution in [-0.2, 0) is 16.4 Å². The predicted octanol–water partition coefficient (Wildman–Crippen LogP) is 0.551. The molecule has 0 bridgehead atoms. The third-order valence-electron chi connectivity index (χ3n) is 3.61. The molecule has 0 saturated carbocycles. The Morgan fingerprint density at radius 1 is 1.33 bits per heavy atom. The van der Waals surface area contributed by atoms with Crippen LogP contribution in [0.5, 0.6) is 0 Å². The molecule has 0 radical (unpaired) electrons. The molecule has 2 N–H and O–H groups in total. The predicted molar refractivity (Wildman–Crippen MR) is 73.1 cm³/mol. The number of benzene rings is 1. The van der Waals surface area contributed by atoms with Crippen molar-refractivity contribution in [3.63, 3.8) is 0 Å². The summed E-state index contributed by atoms with van der Waals surface area (Å²) in [5, 5.41) is 0. The third-order valence-corrected chi connectivity index (χ3v) is 5.35. The summed E-state index contributed by atoms with van der Waals surface area (Å²) in [4.78, 5) is 2.05. The van der Waals surface area contributed by atoms with Gasteiger partial charge in [0.05, 0.1) is 11.5 Å². The minimum Gasteiger partial charge on any atom is -0.325 e. The van der Waals surface area contributed by atoms with Gasteiger partial charge in [0.15, 0.2) is 9.84 Å². The maximum atomic E-state index is 11.6. The van der Waals surface area contributed by atoms with Crippen molar-refractivity contribution in [2.75, 3.05) is 18.6 Å². The normalized spacial score (nSPS) is 26.7. The van der Waals surface area contributed by atoms with Gasteiger partial charge in [-0.1, -0.05) is 24.3 Å². The molecule has 1 aromatic carbocycles. The van der Waals surface area contributed by atoms with Gasteiger partial charge in [0, 0.05) is 18.6 Å². The SMILES string of the molecule is Cc1ccccc1CN(C)C1CS(=O)(=O)CC1N. The average molecular weight is 268 g/mol. The number of nitrogens with two attached hydrogens (primary N) is 1. The molecule has 0 spiro atoms. The topological polar surface area (TPSA) is 63.4 Å². The van der Waals surface area contributed by atoms with Crippen molar-refractivity contribution in [1.82, 2.24) is 4.90 Å². The molecule has 0 aromatic heterocycles. The van der Waals surface area contributed by atoms with Crippen molar-refractivity contribution in [3.8, 4) is 0 Å². The summed E-state index contributed by atoms with van der Waals surface area (Å²) >= 11 is 0. The molecule has 100 valence electrons. The Hall–Kier alpha value is -0.910. The summed E-state index contributed by atoms with van der Waals surface area (Å²) in [6.45, 7) is 2.80. The highest BCUT2D eigenvalue weighted by molar-refractivity contribution is 7.91. The Kier molecular flexibility index (Phi) is 3.75. The van der Waals surface area contributed by atoms with Gasteiger partial charge in [-0.15, -0.1) is 0 Å². The first-order chi connectivity index (χ1) is 8.39. The molecule has 2 unspecified atom stereocenters. The van der Waals surface area contributed by atoms with Gasteiger partial charge in [0.2, 0.25) is 0 Å². The van der Waals surface area contributed by atoms with E-state index in [-0.39, 0.29) is 23.6 Å². The van der Waals surface area contributed by atoms with Gasteiger partial charge in [0.1, 0.15) is 0 Å². The Bertz CT molecular complexity index is 528. The molecular weight excluding hydrogens is 248 g/mol. The fourth-order valence-electron chi connectivity index (χ4n) is 2.48. The number of rotatable bonds is 3. The lowest BCUT2D eigenvalue weighted by atomic mass is 10.1. The zero-order valence-corrected chi connectivity index (χ0v) is 11.7. The van der Waals surface area contributed by atoms with Crippen LogP contribution in [0.2, 0.25) is 0 Å². The molecule has 2 atom stereocenters. The third kappa shape index (κ3) is 2.91. The van der Waals surface area contributed by atoms with E-state index in [0.717, 1.165) is 6.54 Å². The van der Waals surface area contributed by atoms with Crippen molar-refractivity contribution in [2.45, 2.75) is 25.6 Å². The van der Waals surface area contributed by atoms with E-state index >= 15 is 0 Å². The summed E-state index contributed by atoms with van der Waals surface area (Å²) < 4.78 is 23.1. The number of sulfone groups is 1. The highest BCUT2D eigenvalue weighted by Crippen LogP contribution is 2.19. The monoisotopic (exact) mass is 268 g/mol. The number of likely N-dealkylation sites (N-methyl/N-ethyl adjacent to an activating group) is 1. The van der Waals surface area contributed by atoms with Crippen LogP contribution in [-0.4, -0.2) is 44.0 Å². The first-order valence-electron chi connectivity index (χ1n) is 6.10. The Labute approximate surface area is 109 Å². The maximum absolute atomic E-state index is 11.6. The quantitative estimate of drug-likeness (QED) is 0.869. The summed E-state index contributed by atoms with van der Waals surface area (Å²) in [6.07, 6.45) is 0. The van der Waals surface area contributed by atoms with Crippen LogP contribution in [0.1, 0.15) is 11.1 Å². The fraction of sp³-hybridized carbons (Fsp3) is 0.538. The van der Waals surface area contributed by atoms with Crippen LogP contribution in [0.25, 0.3) is 0 Å².